The molecule has 1 heterocycles. The summed E-state index contributed by atoms with van der Waals surface area (Å²) in [7, 11) is 1.62. The van der Waals surface area contributed by atoms with Crippen LogP contribution in [0.2, 0.25) is 5.02 Å². The molecule has 0 radical (unpaired) electrons. The third-order valence-electron chi connectivity index (χ3n) is 4.51. The maximum Gasteiger partial charge on any atom is 0.198 e. The normalized spacial score (nSPS) is 12.0. The first kappa shape index (κ1) is 20.1. The van der Waals surface area contributed by atoms with Crippen molar-refractivity contribution in [3.05, 3.63) is 82.5 Å². The van der Waals surface area contributed by atoms with Gasteiger partial charge in [0, 0.05) is 23.8 Å². The van der Waals surface area contributed by atoms with Gasteiger partial charge in [0.05, 0.1) is 13.7 Å². The quantitative estimate of drug-likeness (QED) is 0.578. The van der Waals surface area contributed by atoms with E-state index in [1.807, 2.05) is 36.4 Å². The predicted molar refractivity (Wildman–Crippen MR) is 107 cm³/mol. The van der Waals surface area contributed by atoms with Gasteiger partial charge in [-0.05, 0) is 41.8 Å². The van der Waals surface area contributed by atoms with E-state index >= 15 is 0 Å². The minimum Gasteiger partial charge on any atom is -0.497 e. The molecular formula is C22H22ClNO4. The number of Topliss-reactive ketones (excluding diaryl/α,β-unsaturated/α-hetero) is 1. The summed E-state index contributed by atoms with van der Waals surface area (Å²) in [5, 5.41) is 9.91. The Morgan fingerprint density at radius 2 is 1.82 bits per heavy atom. The fourth-order valence-electron chi connectivity index (χ4n) is 3.05. The number of carbonyl (C=O) groups excluding carboxylic acids is 1. The Morgan fingerprint density at radius 1 is 1.14 bits per heavy atom. The van der Waals surface area contributed by atoms with E-state index in [1.54, 1.807) is 19.2 Å². The molecule has 0 spiro atoms. The molecule has 0 aliphatic carbocycles. The predicted octanol–water partition coefficient (Wildman–Crippen LogP) is 4.36. The van der Waals surface area contributed by atoms with Crippen LogP contribution in [0, 0.1) is 0 Å². The average Bonchev–Trinajstić information content (AvgIpc) is 3.19. The summed E-state index contributed by atoms with van der Waals surface area (Å²) in [4.78, 5) is 17.0. The SMILES string of the molecule is COc1ccc(CC(CC(=O)Cc2ccc(Cl)cc2)c2nc(CO)co2)cc1. The Labute approximate surface area is 168 Å². The number of oxazole rings is 1. The van der Waals surface area contributed by atoms with E-state index in [0.717, 1.165) is 16.9 Å². The van der Waals surface area contributed by atoms with Crippen LogP contribution >= 0.6 is 11.6 Å². The topological polar surface area (TPSA) is 72.6 Å². The molecule has 6 heteroatoms. The molecule has 0 bridgehead atoms. The summed E-state index contributed by atoms with van der Waals surface area (Å²) in [5.41, 5.74) is 2.43. The lowest BCUT2D eigenvalue weighted by Crippen LogP contribution is -2.12. The van der Waals surface area contributed by atoms with Crippen molar-refractivity contribution in [3.63, 3.8) is 0 Å². The molecule has 1 aromatic heterocycles. The Balaban J connectivity index is 1.74. The lowest BCUT2D eigenvalue weighted by molar-refractivity contribution is -0.118. The van der Waals surface area contributed by atoms with Crippen LogP contribution in [0.5, 0.6) is 5.75 Å². The van der Waals surface area contributed by atoms with E-state index in [4.69, 9.17) is 20.8 Å². The minimum absolute atomic E-state index is 0.0876. The summed E-state index contributed by atoms with van der Waals surface area (Å²) in [6.45, 7) is -0.197. The van der Waals surface area contributed by atoms with Gasteiger partial charge in [-0.3, -0.25) is 4.79 Å². The van der Waals surface area contributed by atoms with Gasteiger partial charge in [0.1, 0.15) is 23.5 Å². The molecule has 3 aromatic rings. The van der Waals surface area contributed by atoms with Crippen molar-refractivity contribution in [1.29, 1.82) is 0 Å². The minimum atomic E-state index is -0.214. The zero-order valence-electron chi connectivity index (χ0n) is 15.6. The average molecular weight is 400 g/mol. The van der Waals surface area contributed by atoms with E-state index in [1.165, 1.54) is 6.26 Å². The molecule has 0 aliphatic rings. The van der Waals surface area contributed by atoms with E-state index < -0.39 is 0 Å². The summed E-state index contributed by atoms with van der Waals surface area (Å²) < 4.78 is 10.7. The van der Waals surface area contributed by atoms with E-state index in [0.29, 0.717) is 35.9 Å². The van der Waals surface area contributed by atoms with E-state index in [-0.39, 0.29) is 18.3 Å². The van der Waals surface area contributed by atoms with Gasteiger partial charge in [-0.15, -0.1) is 0 Å². The Hall–Kier alpha value is -2.63. The standard InChI is InChI=1S/C22H22ClNO4/c1-27-21-8-4-15(5-9-21)10-17(22-24-19(13-25)14-28-22)12-20(26)11-16-2-6-18(23)7-3-16/h2-9,14,17,25H,10-13H2,1H3. The van der Waals surface area contributed by atoms with Crippen molar-refractivity contribution >= 4 is 17.4 Å². The fourth-order valence-corrected chi connectivity index (χ4v) is 3.18. The molecule has 0 amide bonds. The maximum absolute atomic E-state index is 12.7. The number of hydrogen-bond acceptors (Lipinski definition) is 5. The third-order valence-corrected chi connectivity index (χ3v) is 4.76. The Morgan fingerprint density at radius 3 is 2.43 bits per heavy atom. The van der Waals surface area contributed by atoms with E-state index in [2.05, 4.69) is 4.98 Å². The van der Waals surface area contributed by atoms with Crippen molar-refractivity contribution in [2.75, 3.05) is 7.11 Å². The summed E-state index contributed by atoms with van der Waals surface area (Å²) >= 11 is 5.91. The highest BCUT2D eigenvalue weighted by Crippen LogP contribution is 2.26. The molecule has 28 heavy (non-hydrogen) atoms. The van der Waals surface area contributed by atoms with Crippen molar-refractivity contribution in [2.45, 2.75) is 31.8 Å². The number of aromatic nitrogens is 1. The zero-order valence-corrected chi connectivity index (χ0v) is 16.4. The second-order valence-electron chi connectivity index (χ2n) is 6.63. The molecule has 1 atom stereocenters. The van der Waals surface area contributed by atoms with Crippen molar-refractivity contribution < 1.29 is 19.1 Å². The first-order valence-electron chi connectivity index (χ1n) is 9.01. The number of ketones is 1. The maximum atomic E-state index is 12.7. The third kappa shape index (κ3) is 5.44. The van der Waals surface area contributed by atoms with Gasteiger partial charge in [-0.1, -0.05) is 35.9 Å². The Bertz CT molecular complexity index is 903. The van der Waals surface area contributed by atoms with Crippen LogP contribution in [0.25, 0.3) is 0 Å². The van der Waals surface area contributed by atoms with Gasteiger partial charge in [-0.25, -0.2) is 4.98 Å². The van der Waals surface area contributed by atoms with E-state index in [9.17, 15) is 9.90 Å². The number of benzene rings is 2. The largest absolute Gasteiger partial charge is 0.497 e. The second-order valence-corrected chi connectivity index (χ2v) is 7.07. The first-order valence-corrected chi connectivity index (χ1v) is 9.39. The van der Waals surface area contributed by atoms with Gasteiger partial charge in [0.2, 0.25) is 0 Å². The van der Waals surface area contributed by atoms with Crippen LogP contribution in [-0.2, 0) is 24.2 Å². The number of ether oxygens (including phenoxy) is 1. The molecular weight excluding hydrogens is 378 g/mol. The number of aliphatic hydroxyl groups is 1. The molecule has 1 unspecified atom stereocenters. The van der Waals surface area contributed by atoms with Gasteiger partial charge >= 0.3 is 0 Å². The van der Waals surface area contributed by atoms with Crippen LogP contribution in [-0.4, -0.2) is 23.0 Å². The summed E-state index contributed by atoms with van der Waals surface area (Å²) in [6, 6.07) is 15.0. The van der Waals surface area contributed by atoms with Crippen LogP contribution < -0.4 is 4.74 Å². The molecule has 0 saturated carbocycles. The highest BCUT2D eigenvalue weighted by molar-refractivity contribution is 6.30. The number of hydrogen-bond donors (Lipinski definition) is 1. The lowest BCUT2D eigenvalue weighted by Gasteiger charge is -2.14. The molecule has 1 N–H and O–H groups in total. The number of halogens is 1. The van der Waals surface area contributed by atoms with Gasteiger partial charge < -0.3 is 14.3 Å². The monoisotopic (exact) mass is 399 g/mol. The first-order chi connectivity index (χ1) is 13.6. The number of nitrogens with zero attached hydrogens (tertiary/aromatic N) is 1. The number of rotatable bonds is 9. The van der Waals surface area contributed by atoms with Crippen LogP contribution in [0.1, 0.15) is 35.1 Å². The van der Waals surface area contributed by atoms with Crippen LogP contribution in [0.15, 0.2) is 59.2 Å². The molecule has 5 nitrogen and oxygen atoms in total. The van der Waals surface area contributed by atoms with Crippen LogP contribution in [0.3, 0.4) is 0 Å². The summed E-state index contributed by atoms with van der Waals surface area (Å²) in [6.07, 6.45) is 2.64. The molecule has 2 aromatic carbocycles. The van der Waals surface area contributed by atoms with Gasteiger partial charge in [-0.2, -0.15) is 0 Å². The van der Waals surface area contributed by atoms with Gasteiger partial charge in [0.25, 0.3) is 0 Å². The lowest BCUT2D eigenvalue weighted by atomic mass is 9.92. The summed E-state index contributed by atoms with van der Waals surface area (Å²) in [5.74, 6) is 1.11. The van der Waals surface area contributed by atoms with Crippen molar-refractivity contribution in [1.82, 2.24) is 4.98 Å². The highest BCUT2D eigenvalue weighted by atomic mass is 35.5. The van der Waals surface area contributed by atoms with Crippen molar-refractivity contribution in [3.8, 4) is 5.75 Å². The molecule has 3 rings (SSSR count). The zero-order chi connectivity index (χ0) is 19.9. The Kier molecular flexibility index (Phi) is 6.85. The molecule has 0 fully saturated rings. The number of aliphatic hydroxyl groups excluding tert-OH is 1. The number of methoxy groups -OCH3 is 1. The number of carbonyl (C=O) groups is 1. The highest BCUT2D eigenvalue weighted by Gasteiger charge is 2.22. The molecule has 146 valence electrons. The van der Waals surface area contributed by atoms with Crippen molar-refractivity contribution in [2.24, 2.45) is 0 Å². The molecule has 0 aliphatic heterocycles. The second kappa shape index (κ2) is 9.53. The van der Waals surface area contributed by atoms with Gasteiger partial charge in [0.15, 0.2) is 5.89 Å². The smallest absolute Gasteiger partial charge is 0.198 e. The van der Waals surface area contributed by atoms with Crippen LogP contribution in [0.4, 0.5) is 0 Å². The fraction of sp³-hybridized carbons (Fsp3) is 0.273. The molecule has 0 saturated heterocycles.